The molecule has 0 aliphatic rings. The second-order valence-electron chi connectivity index (χ2n) is 9.34. The maximum atomic E-state index is 16.0. The molecule has 0 saturated heterocycles. The number of ether oxygens (including phenoxy) is 1. The first-order valence-corrected chi connectivity index (χ1v) is 15.1. The number of aromatic nitrogens is 1. The fourth-order valence-electron chi connectivity index (χ4n) is 4.56. The van der Waals surface area contributed by atoms with Gasteiger partial charge < -0.3 is 14.9 Å². The van der Waals surface area contributed by atoms with Gasteiger partial charge in [-0.25, -0.2) is 26.9 Å². The average Bonchev–Trinajstić information content (AvgIpc) is 2.91. The number of hydrogen-bond donors (Lipinski definition) is 1. The van der Waals surface area contributed by atoms with Crippen LogP contribution in [0.2, 0.25) is 18.1 Å². The fraction of sp³-hybridized carbons (Fsp3) is 0.393. The molecule has 38 heavy (non-hydrogen) atoms. The van der Waals surface area contributed by atoms with Crippen molar-refractivity contribution in [1.29, 1.82) is 0 Å². The van der Waals surface area contributed by atoms with Crippen molar-refractivity contribution in [2.75, 3.05) is 12.3 Å². The van der Waals surface area contributed by atoms with E-state index in [2.05, 4.69) is 4.98 Å². The molecular weight excluding hydrogens is 519 g/mol. The van der Waals surface area contributed by atoms with Gasteiger partial charge in [0.05, 0.1) is 6.61 Å². The van der Waals surface area contributed by atoms with E-state index < -0.39 is 61.9 Å². The Morgan fingerprint density at radius 2 is 1.47 bits per heavy atom. The Balaban J connectivity index is 1.91. The highest BCUT2D eigenvalue weighted by Gasteiger charge is 2.55. The Bertz CT molecular complexity index is 1230. The van der Waals surface area contributed by atoms with E-state index in [1.807, 2.05) is 20.8 Å². The molecule has 0 aliphatic heterocycles. The molecule has 2 N–H and O–H groups in total. The zero-order chi connectivity index (χ0) is 28.1. The Labute approximate surface area is 221 Å². The van der Waals surface area contributed by atoms with Crippen molar-refractivity contribution in [3.63, 3.8) is 0 Å². The summed E-state index contributed by atoms with van der Waals surface area (Å²) in [7, 11) is -2.51. The van der Waals surface area contributed by atoms with E-state index in [1.165, 1.54) is 19.2 Å². The number of benzene rings is 2. The number of rotatable bonds is 12. The first-order valence-electron chi connectivity index (χ1n) is 12.6. The third-order valence-electron chi connectivity index (χ3n) is 7.29. The molecular formula is C28H33F5N2O2Si. The second-order valence-corrected chi connectivity index (χ2v) is 14.0. The van der Waals surface area contributed by atoms with Crippen LogP contribution in [0.15, 0.2) is 54.7 Å². The molecule has 0 spiro atoms. The van der Waals surface area contributed by atoms with Crippen LogP contribution in [0, 0.1) is 17.5 Å². The summed E-state index contributed by atoms with van der Waals surface area (Å²) in [6, 6.07) is 13.3. The minimum Gasteiger partial charge on any atom is -0.487 e. The summed E-state index contributed by atoms with van der Waals surface area (Å²) in [6.07, 6.45) is 0.300. The van der Waals surface area contributed by atoms with Crippen LogP contribution in [0.25, 0.3) is 11.1 Å². The molecule has 1 atom stereocenters. The molecule has 0 bridgehead atoms. The highest BCUT2D eigenvalue weighted by atomic mass is 28.4. The van der Waals surface area contributed by atoms with Crippen LogP contribution in [0.4, 0.5) is 27.8 Å². The molecule has 0 radical (unpaired) electrons. The lowest BCUT2D eigenvalue weighted by atomic mass is 9.87. The van der Waals surface area contributed by atoms with Crippen LogP contribution < -0.4 is 10.5 Å². The quantitative estimate of drug-likeness (QED) is 0.182. The molecule has 0 amide bonds. The zero-order valence-electron chi connectivity index (χ0n) is 22.0. The van der Waals surface area contributed by atoms with E-state index >= 15 is 13.2 Å². The Morgan fingerprint density at radius 3 is 2.08 bits per heavy atom. The predicted octanol–water partition coefficient (Wildman–Crippen LogP) is 8.09. The zero-order valence-corrected chi connectivity index (χ0v) is 23.0. The number of anilines is 1. The highest BCUT2D eigenvalue weighted by molar-refractivity contribution is 6.73. The molecule has 206 valence electrons. The third kappa shape index (κ3) is 5.71. The lowest BCUT2D eigenvalue weighted by Gasteiger charge is -2.45. The van der Waals surface area contributed by atoms with Crippen LogP contribution in [0.5, 0.6) is 5.75 Å². The number of nitrogens with two attached hydrogens (primary N) is 1. The molecule has 1 aromatic heterocycles. The number of halogens is 5. The number of nitrogens with zero attached hydrogens (tertiary/aromatic N) is 1. The van der Waals surface area contributed by atoms with Crippen molar-refractivity contribution < 1.29 is 31.1 Å². The van der Waals surface area contributed by atoms with Crippen molar-refractivity contribution in [1.82, 2.24) is 4.98 Å². The van der Waals surface area contributed by atoms with Gasteiger partial charge in [-0.05, 0) is 48.8 Å². The molecule has 4 nitrogen and oxygen atoms in total. The smallest absolute Gasteiger partial charge is 0.282 e. The van der Waals surface area contributed by atoms with Crippen LogP contribution in [-0.4, -0.2) is 25.8 Å². The first-order chi connectivity index (χ1) is 17.9. The summed E-state index contributed by atoms with van der Waals surface area (Å²) in [5.74, 6) is -8.11. The normalized spacial score (nSPS) is 13.8. The number of alkyl halides is 2. The molecule has 10 heteroatoms. The summed E-state index contributed by atoms with van der Waals surface area (Å²) < 4.78 is 87.8. The van der Waals surface area contributed by atoms with Crippen LogP contribution in [0.1, 0.15) is 39.7 Å². The van der Waals surface area contributed by atoms with Gasteiger partial charge in [-0.15, -0.1) is 0 Å². The second kappa shape index (κ2) is 11.8. The van der Waals surface area contributed by atoms with E-state index in [0.29, 0.717) is 23.7 Å². The Kier molecular flexibility index (Phi) is 9.20. The number of pyridine rings is 1. The van der Waals surface area contributed by atoms with Gasteiger partial charge >= 0.3 is 0 Å². The van der Waals surface area contributed by atoms with Crippen molar-refractivity contribution in [3.8, 4) is 16.9 Å². The van der Waals surface area contributed by atoms with Crippen molar-refractivity contribution in [2.24, 2.45) is 0 Å². The van der Waals surface area contributed by atoms with E-state index in [0.717, 1.165) is 12.1 Å². The van der Waals surface area contributed by atoms with Gasteiger partial charge in [0, 0.05) is 23.7 Å². The summed E-state index contributed by atoms with van der Waals surface area (Å²) in [5.41, 5.74) is 3.20. The van der Waals surface area contributed by atoms with Crippen molar-refractivity contribution in [2.45, 2.75) is 63.8 Å². The predicted molar refractivity (Wildman–Crippen MR) is 141 cm³/mol. The summed E-state index contributed by atoms with van der Waals surface area (Å²) in [6.45, 7) is 6.50. The number of hydrogen-bond acceptors (Lipinski definition) is 4. The van der Waals surface area contributed by atoms with Gasteiger partial charge in [-0.1, -0.05) is 51.1 Å². The summed E-state index contributed by atoms with van der Waals surface area (Å²) >= 11 is 0. The minimum absolute atomic E-state index is 0.254. The van der Waals surface area contributed by atoms with Gasteiger partial charge in [0.2, 0.25) is 0 Å². The third-order valence-corrected chi connectivity index (χ3v) is 12.0. The SMILES string of the molecule is CC[Si](CC)(CC)OC(C)(c1ccccc1)C(F)(F)CCOc1c(F)ccc(-c2ccnc(N)c2F)c1F. The Hall–Kier alpha value is -2.98. The maximum Gasteiger partial charge on any atom is 0.282 e. The monoisotopic (exact) mass is 552 g/mol. The van der Waals surface area contributed by atoms with E-state index in [1.54, 1.807) is 30.3 Å². The van der Waals surface area contributed by atoms with Crippen LogP contribution in [0.3, 0.4) is 0 Å². The minimum atomic E-state index is -3.46. The fourth-order valence-corrected chi connectivity index (χ4v) is 7.63. The van der Waals surface area contributed by atoms with Crippen LogP contribution >= 0.6 is 0 Å². The highest BCUT2D eigenvalue weighted by Crippen LogP contribution is 2.47. The number of nitrogen functional groups attached to an aromatic ring is 1. The van der Waals surface area contributed by atoms with Gasteiger partial charge in [0.1, 0.15) is 5.60 Å². The van der Waals surface area contributed by atoms with E-state index in [4.69, 9.17) is 14.9 Å². The van der Waals surface area contributed by atoms with E-state index in [9.17, 15) is 8.78 Å². The molecule has 0 aliphatic carbocycles. The van der Waals surface area contributed by atoms with Crippen molar-refractivity contribution in [3.05, 3.63) is 77.7 Å². The van der Waals surface area contributed by atoms with E-state index in [-0.39, 0.29) is 11.1 Å². The summed E-state index contributed by atoms with van der Waals surface area (Å²) in [4.78, 5) is 3.59. The Morgan fingerprint density at radius 1 is 0.868 bits per heavy atom. The molecule has 3 aromatic rings. The average molecular weight is 553 g/mol. The van der Waals surface area contributed by atoms with Gasteiger partial charge in [0.15, 0.2) is 37.3 Å². The molecule has 1 unspecified atom stereocenters. The first kappa shape index (κ1) is 29.6. The molecule has 0 fully saturated rings. The lowest BCUT2D eigenvalue weighted by Crippen LogP contribution is -2.53. The standard InChI is InChI=1S/C28H33F5N2O2Si/c1-5-38(6-2,7-3)37-27(4,19-11-9-8-10-12-19)28(32,33)16-18-36-25-22(29)14-13-20(23(25)30)21-15-17-35-26(34)24(21)31/h8-15,17H,5-7,16,18H2,1-4H3,(H2,34,35). The van der Waals surface area contributed by atoms with Gasteiger partial charge in [0.25, 0.3) is 5.92 Å². The van der Waals surface area contributed by atoms with Crippen molar-refractivity contribution >= 4 is 14.1 Å². The van der Waals surface area contributed by atoms with Gasteiger partial charge in [-0.3, -0.25) is 0 Å². The molecule has 0 saturated carbocycles. The maximum absolute atomic E-state index is 16.0. The molecule has 1 heterocycles. The summed E-state index contributed by atoms with van der Waals surface area (Å²) in [5, 5.41) is 0. The van der Waals surface area contributed by atoms with Crippen LogP contribution in [-0.2, 0) is 10.0 Å². The lowest BCUT2D eigenvalue weighted by molar-refractivity contribution is -0.175. The molecule has 3 rings (SSSR count). The largest absolute Gasteiger partial charge is 0.487 e. The molecule has 2 aromatic carbocycles. The van der Waals surface area contributed by atoms with Gasteiger partial charge in [-0.2, -0.15) is 0 Å². The topological polar surface area (TPSA) is 57.4 Å².